The van der Waals surface area contributed by atoms with Gasteiger partial charge in [0.2, 0.25) is 0 Å². The summed E-state index contributed by atoms with van der Waals surface area (Å²) in [7, 11) is 6.26. The normalized spacial score (nSPS) is 10.9. The molecule has 0 aliphatic carbocycles. The zero-order chi connectivity index (χ0) is 12.1. The maximum atomic E-state index is 9.05. The highest BCUT2D eigenvalue weighted by atomic mass is 16.3. The quantitative estimate of drug-likeness (QED) is 0.817. The molecule has 0 bridgehead atoms. The van der Waals surface area contributed by atoms with E-state index in [2.05, 4.69) is 43.9 Å². The zero-order valence-electron chi connectivity index (χ0n) is 10.7. The largest absolute Gasteiger partial charge is 0.392 e. The van der Waals surface area contributed by atoms with Gasteiger partial charge in [-0.2, -0.15) is 0 Å². The summed E-state index contributed by atoms with van der Waals surface area (Å²) in [5, 5.41) is 9.05. The molecule has 0 amide bonds. The van der Waals surface area contributed by atoms with Gasteiger partial charge in [0.05, 0.1) is 6.61 Å². The van der Waals surface area contributed by atoms with Crippen molar-refractivity contribution in [2.45, 2.75) is 13.5 Å². The number of hydrogen-bond donors (Lipinski definition) is 1. The number of likely N-dealkylation sites (N-methyl/N-ethyl adjacent to an activating group) is 2. The highest BCUT2D eigenvalue weighted by Gasteiger charge is 2.05. The van der Waals surface area contributed by atoms with E-state index in [1.807, 2.05) is 12.1 Å². The fourth-order valence-corrected chi connectivity index (χ4v) is 1.71. The van der Waals surface area contributed by atoms with Gasteiger partial charge in [-0.25, -0.2) is 0 Å². The summed E-state index contributed by atoms with van der Waals surface area (Å²) in [5.74, 6) is 0. The summed E-state index contributed by atoms with van der Waals surface area (Å²) >= 11 is 0. The second kappa shape index (κ2) is 5.87. The summed E-state index contributed by atoms with van der Waals surface area (Å²) in [4.78, 5) is 4.42. The first-order valence-electron chi connectivity index (χ1n) is 5.61. The third kappa shape index (κ3) is 3.51. The Kier molecular flexibility index (Phi) is 4.77. The van der Waals surface area contributed by atoms with E-state index in [4.69, 9.17) is 5.11 Å². The highest BCUT2D eigenvalue weighted by Crippen LogP contribution is 2.19. The van der Waals surface area contributed by atoms with Crippen LogP contribution >= 0.6 is 0 Å². The maximum Gasteiger partial charge on any atom is 0.0681 e. The third-order valence-electron chi connectivity index (χ3n) is 2.74. The average molecular weight is 222 g/mol. The molecule has 1 aromatic rings. The second-order valence-corrected chi connectivity index (χ2v) is 4.50. The molecule has 0 aromatic heterocycles. The fraction of sp³-hybridized carbons (Fsp3) is 0.538. The minimum Gasteiger partial charge on any atom is -0.392 e. The molecule has 1 aromatic carbocycles. The first-order chi connectivity index (χ1) is 7.54. The van der Waals surface area contributed by atoms with Crippen molar-refractivity contribution in [2.75, 3.05) is 39.1 Å². The molecule has 0 unspecified atom stereocenters. The lowest BCUT2D eigenvalue weighted by molar-refractivity contribution is 0.282. The van der Waals surface area contributed by atoms with Gasteiger partial charge in [0.25, 0.3) is 0 Å². The van der Waals surface area contributed by atoms with Gasteiger partial charge >= 0.3 is 0 Å². The van der Waals surface area contributed by atoms with E-state index < -0.39 is 0 Å². The van der Waals surface area contributed by atoms with Crippen molar-refractivity contribution in [1.82, 2.24) is 4.90 Å². The Hall–Kier alpha value is -1.06. The van der Waals surface area contributed by atoms with Gasteiger partial charge in [0, 0.05) is 25.8 Å². The SMILES string of the molecule is Cc1cc(CO)ccc1N(C)CCN(C)C. The number of anilines is 1. The van der Waals surface area contributed by atoms with E-state index in [1.54, 1.807) is 0 Å². The molecule has 0 radical (unpaired) electrons. The van der Waals surface area contributed by atoms with Crippen LogP contribution in [0.4, 0.5) is 5.69 Å². The first kappa shape index (κ1) is 13.0. The molecule has 0 fully saturated rings. The smallest absolute Gasteiger partial charge is 0.0681 e. The zero-order valence-corrected chi connectivity index (χ0v) is 10.7. The Balaban J connectivity index is 2.71. The lowest BCUT2D eigenvalue weighted by atomic mass is 10.1. The Morgan fingerprint density at radius 2 is 1.81 bits per heavy atom. The van der Waals surface area contributed by atoms with E-state index in [0.29, 0.717) is 0 Å². The average Bonchev–Trinajstić information content (AvgIpc) is 2.25. The van der Waals surface area contributed by atoms with Crippen LogP contribution in [-0.4, -0.2) is 44.2 Å². The van der Waals surface area contributed by atoms with Crippen LogP contribution < -0.4 is 4.90 Å². The number of aliphatic hydroxyl groups excluding tert-OH is 1. The maximum absolute atomic E-state index is 9.05. The lowest BCUT2D eigenvalue weighted by Gasteiger charge is -2.23. The number of hydrogen-bond acceptors (Lipinski definition) is 3. The van der Waals surface area contributed by atoms with Crippen molar-refractivity contribution in [1.29, 1.82) is 0 Å². The molecule has 0 aliphatic rings. The minimum absolute atomic E-state index is 0.114. The van der Waals surface area contributed by atoms with E-state index in [0.717, 1.165) is 18.7 Å². The van der Waals surface area contributed by atoms with Crippen molar-refractivity contribution in [3.05, 3.63) is 29.3 Å². The molecule has 1 N–H and O–H groups in total. The van der Waals surface area contributed by atoms with Gasteiger partial charge in [-0.1, -0.05) is 12.1 Å². The van der Waals surface area contributed by atoms with Crippen LogP contribution in [0.3, 0.4) is 0 Å². The van der Waals surface area contributed by atoms with Gasteiger partial charge < -0.3 is 14.9 Å². The third-order valence-corrected chi connectivity index (χ3v) is 2.74. The van der Waals surface area contributed by atoms with Crippen molar-refractivity contribution < 1.29 is 5.11 Å². The van der Waals surface area contributed by atoms with E-state index in [9.17, 15) is 0 Å². The van der Waals surface area contributed by atoms with Crippen LogP contribution in [0, 0.1) is 6.92 Å². The Bertz CT molecular complexity index is 337. The number of aryl methyl sites for hydroxylation is 1. The van der Waals surface area contributed by atoms with E-state index in [1.165, 1.54) is 11.3 Å². The number of rotatable bonds is 5. The standard InChI is InChI=1S/C13H22N2O/c1-11-9-12(10-16)5-6-13(11)15(4)8-7-14(2)3/h5-6,9,16H,7-8,10H2,1-4H3. The minimum atomic E-state index is 0.114. The molecular formula is C13H22N2O. The molecule has 0 saturated heterocycles. The molecule has 16 heavy (non-hydrogen) atoms. The van der Waals surface area contributed by atoms with Crippen molar-refractivity contribution >= 4 is 5.69 Å². The second-order valence-electron chi connectivity index (χ2n) is 4.50. The molecule has 1 rings (SSSR count). The monoisotopic (exact) mass is 222 g/mol. The fourth-order valence-electron chi connectivity index (χ4n) is 1.71. The predicted octanol–water partition coefficient (Wildman–Crippen LogP) is 1.49. The van der Waals surface area contributed by atoms with Gasteiger partial charge in [-0.3, -0.25) is 0 Å². The summed E-state index contributed by atoms with van der Waals surface area (Å²) < 4.78 is 0. The Morgan fingerprint density at radius 1 is 1.12 bits per heavy atom. The summed E-state index contributed by atoms with van der Waals surface area (Å²) in [6.45, 7) is 4.24. The summed E-state index contributed by atoms with van der Waals surface area (Å²) in [5.41, 5.74) is 3.43. The molecule has 0 heterocycles. The van der Waals surface area contributed by atoms with Crippen molar-refractivity contribution in [3.8, 4) is 0 Å². The van der Waals surface area contributed by atoms with Crippen LogP contribution in [0.1, 0.15) is 11.1 Å². The number of benzene rings is 1. The molecule has 3 heteroatoms. The van der Waals surface area contributed by atoms with Crippen LogP contribution in [0.15, 0.2) is 18.2 Å². The van der Waals surface area contributed by atoms with Crippen LogP contribution in [0.2, 0.25) is 0 Å². The van der Waals surface area contributed by atoms with Gasteiger partial charge in [-0.15, -0.1) is 0 Å². The Labute approximate surface area is 98.3 Å². The van der Waals surface area contributed by atoms with Crippen molar-refractivity contribution in [2.24, 2.45) is 0 Å². The molecule has 0 aliphatic heterocycles. The van der Waals surface area contributed by atoms with Crippen LogP contribution in [0.25, 0.3) is 0 Å². The molecule has 0 saturated carbocycles. The number of nitrogens with zero attached hydrogens (tertiary/aromatic N) is 2. The topological polar surface area (TPSA) is 26.7 Å². The molecule has 0 atom stereocenters. The van der Waals surface area contributed by atoms with Gasteiger partial charge in [0.1, 0.15) is 0 Å². The number of aliphatic hydroxyl groups is 1. The molecule has 90 valence electrons. The molecule has 3 nitrogen and oxygen atoms in total. The molecule has 0 spiro atoms. The predicted molar refractivity (Wildman–Crippen MR) is 68.9 cm³/mol. The van der Waals surface area contributed by atoms with Gasteiger partial charge in [0.15, 0.2) is 0 Å². The lowest BCUT2D eigenvalue weighted by Crippen LogP contribution is -2.28. The first-order valence-corrected chi connectivity index (χ1v) is 5.61. The summed E-state index contributed by atoms with van der Waals surface area (Å²) in [6.07, 6.45) is 0. The molecular weight excluding hydrogens is 200 g/mol. The van der Waals surface area contributed by atoms with Gasteiger partial charge in [-0.05, 0) is 38.2 Å². The van der Waals surface area contributed by atoms with Crippen LogP contribution in [0.5, 0.6) is 0 Å². The van der Waals surface area contributed by atoms with E-state index >= 15 is 0 Å². The summed E-state index contributed by atoms with van der Waals surface area (Å²) in [6, 6.07) is 6.10. The van der Waals surface area contributed by atoms with E-state index in [-0.39, 0.29) is 6.61 Å². The van der Waals surface area contributed by atoms with Crippen molar-refractivity contribution in [3.63, 3.8) is 0 Å². The highest BCUT2D eigenvalue weighted by molar-refractivity contribution is 5.53. The Morgan fingerprint density at radius 3 is 2.31 bits per heavy atom. The van der Waals surface area contributed by atoms with Crippen LogP contribution in [-0.2, 0) is 6.61 Å².